The smallest absolute Gasteiger partial charge is 0.254 e. The van der Waals surface area contributed by atoms with Crippen LogP contribution >= 0.6 is 0 Å². The van der Waals surface area contributed by atoms with Gasteiger partial charge in [0.15, 0.2) is 0 Å². The van der Waals surface area contributed by atoms with E-state index in [-0.39, 0.29) is 17.4 Å². The van der Waals surface area contributed by atoms with Crippen molar-refractivity contribution in [1.29, 1.82) is 0 Å². The Hall–Kier alpha value is -1.29. The van der Waals surface area contributed by atoms with Crippen molar-refractivity contribution in [3.63, 3.8) is 0 Å². The first-order valence-corrected chi connectivity index (χ1v) is 7.47. The number of fused-ring (bicyclic) bond motifs is 2. The van der Waals surface area contributed by atoms with Crippen LogP contribution in [0.4, 0.5) is 0 Å². The van der Waals surface area contributed by atoms with Crippen molar-refractivity contribution in [1.82, 2.24) is 5.32 Å². The van der Waals surface area contributed by atoms with Crippen LogP contribution in [0.1, 0.15) is 56.2 Å². The molecule has 0 spiro atoms. The molecule has 3 unspecified atom stereocenters. The average Bonchev–Trinajstić information content (AvgIpc) is 3.01. The molecule has 0 radical (unpaired) electrons. The maximum Gasteiger partial charge on any atom is 0.254 e. The van der Waals surface area contributed by atoms with Crippen LogP contribution in [-0.4, -0.2) is 11.9 Å². The van der Waals surface area contributed by atoms with Gasteiger partial charge in [0.05, 0.1) is 12.1 Å². The van der Waals surface area contributed by atoms with Gasteiger partial charge in [-0.1, -0.05) is 20.8 Å². The fraction of sp³-hybridized carbons (Fsp3) is 0.688. The van der Waals surface area contributed by atoms with Crippen molar-refractivity contribution in [2.45, 2.75) is 52.6 Å². The number of hydrogen-bond acceptors (Lipinski definition) is 3. The molecule has 0 saturated heterocycles. The standard InChI is InChI=1S/C16H24N2O2/c1-15(2)11-4-5-16(15,3)13(7-11)18-14(19)10-6-12(8-17)20-9-10/h6,9,11,13H,4-5,7-8,17H2,1-3H3,(H,18,19). The number of carbonyl (C=O) groups is 1. The molecule has 0 aromatic carbocycles. The van der Waals surface area contributed by atoms with E-state index in [1.807, 2.05) is 0 Å². The van der Waals surface area contributed by atoms with Crippen molar-refractivity contribution in [3.8, 4) is 0 Å². The Morgan fingerprint density at radius 3 is 2.75 bits per heavy atom. The highest BCUT2D eigenvalue weighted by molar-refractivity contribution is 5.94. The minimum absolute atomic E-state index is 0.0389. The summed E-state index contributed by atoms with van der Waals surface area (Å²) in [6, 6.07) is 2.00. The highest BCUT2D eigenvalue weighted by atomic mass is 16.3. The Morgan fingerprint density at radius 1 is 1.50 bits per heavy atom. The summed E-state index contributed by atoms with van der Waals surface area (Å²) in [5.41, 5.74) is 6.60. The molecule has 2 bridgehead atoms. The Labute approximate surface area is 120 Å². The fourth-order valence-corrected chi connectivity index (χ4v) is 4.27. The van der Waals surface area contributed by atoms with Crippen LogP contribution in [0.25, 0.3) is 0 Å². The number of amides is 1. The topological polar surface area (TPSA) is 68.3 Å². The molecule has 4 heteroatoms. The second kappa shape index (κ2) is 4.35. The van der Waals surface area contributed by atoms with E-state index >= 15 is 0 Å². The molecule has 2 aliphatic rings. The van der Waals surface area contributed by atoms with Gasteiger partial charge in [-0.15, -0.1) is 0 Å². The minimum atomic E-state index is -0.0389. The molecule has 1 aromatic rings. The summed E-state index contributed by atoms with van der Waals surface area (Å²) in [6.45, 7) is 7.34. The van der Waals surface area contributed by atoms with E-state index in [1.165, 1.54) is 19.1 Å². The molecule has 3 rings (SSSR count). The van der Waals surface area contributed by atoms with E-state index in [4.69, 9.17) is 10.2 Å². The number of furan rings is 1. The van der Waals surface area contributed by atoms with Crippen LogP contribution in [0.2, 0.25) is 0 Å². The van der Waals surface area contributed by atoms with Crippen LogP contribution < -0.4 is 11.1 Å². The Morgan fingerprint density at radius 2 is 2.25 bits per heavy atom. The Balaban J connectivity index is 1.75. The highest BCUT2D eigenvalue weighted by Crippen LogP contribution is 2.65. The molecule has 2 fully saturated rings. The number of hydrogen-bond donors (Lipinski definition) is 2. The number of nitrogens with one attached hydrogen (secondary N) is 1. The number of nitrogens with two attached hydrogens (primary N) is 1. The van der Waals surface area contributed by atoms with Crippen molar-refractivity contribution < 1.29 is 9.21 Å². The summed E-state index contributed by atoms with van der Waals surface area (Å²) in [6.07, 6.45) is 5.09. The molecular formula is C16H24N2O2. The average molecular weight is 276 g/mol. The third-order valence-electron chi connectivity index (χ3n) is 6.22. The summed E-state index contributed by atoms with van der Waals surface area (Å²) < 4.78 is 5.24. The molecular weight excluding hydrogens is 252 g/mol. The van der Waals surface area contributed by atoms with Gasteiger partial charge in [-0.2, -0.15) is 0 Å². The van der Waals surface area contributed by atoms with Crippen molar-refractivity contribution in [3.05, 3.63) is 23.7 Å². The first-order valence-electron chi connectivity index (χ1n) is 7.47. The first-order chi connectivity index (χ1) is 9.38. The minimum Gasteiger partial charge on any atom is -0.467 e. The van der Waals surface area contributed by atoms with Gasteiger partial charge in [-0.25, -0.2) is 0 Å². The van der Waals surface area contributed by atoms with E-state index < -0.39 is 0 Å². The lowest BCUT2D eigenvalue weighted by molar-refractivity contribution is 0.0825. The second-order valence-electron chi connectivity index (χ2n) is 7.14. The quantitative estimate of drug-likeness (QED) is 0.892. The lowest BCUT2D eigenvalue weighted by atomic mass is 9.69. The number of rotatable bonds is 3. The van der Waals surface area contributed by atoms with E-state index in [0.29, 0.717) is 23.3 Å². The van der Waals surface area contributed by atoms with Gasteiger partial charge in [0.25, 0.3) is 5.91 Å². The van der Waals surface area contributed by atoms with Crippen LogP contribution in [-0.2, 0) is 6.54 Å². The first kappa shape index (κ1) is 13.7. The lowest BCUT2D eigenvalue weighted by Gasteiger charge is -2.39. The molecule has 1 heterocycles. The molecule has 3 N–H and O–H groups in total. The zero-order valence-electron chi connectivity index (χ0n) is 12.5. The lowest BCUT2D eigenvalue weighted by Crippen LogP contribution is -2.46. The SMILES string of the molecule is CC1(C)C2CCC1(C)C(NC(=O)c1coc(CN)c1)C2. The van der Waals surface area contributed by atoms with Crippen LogP contribution in [0.5, 0.6) is 0 Å². The van der Waals surface area contributed by atoms with Crippen molar-refractivity contribution >= 4 is 5.91 Å². The summed E-state index contributed by atoms with van der Waals surface area (Å²) in [4.78, 5) is 12.3. The van der Waals surface area contributed by atoms with Gasteiger partial charge in [-0.05, 0) is 42.1 Å². The molecule has 2 saturated carbocycles. The van der Waals surface area contributed by atoms with E-state index in [2.05, 4.69) is 26.1 Å². The summed E-state index contributed by atoms with van der Waals surface area (Å²) >= 11 is 0. The molecule has 1 amide bonds. The Bertz CT molecular complexity index is 534. The maximum absolute atomic E-state index is 12.3. The number of carbonyl (C=O) groups excluding carboxylic acids is 1. The Kier molecular flexibility index (Phi) is 2.98. The third-order valence-corrected chi connectivity index (χ3v) is 6.22. The molecule has 4 nitrogen and oxygen atoms in total. The summed E-state index contributed by atoms with van der Waals surface area (Å²) in [5, 5.41) is 3.22. The van der Waals surface area contributed by atoms with Gasteiger partial charge in [0.1, 0.15) is 12.0 Å². The zero-order chi connectivity index (χ0) is 14.5. The van der Waals surface area contributed by atoms with Gasteiger partial charge >= 0.3 is 0 Å². The van der Waals surface area contributed by atoms with E-state index in [0.717, 1.165) is 12.3 Å². The monoisotopic (exact) mass is 276 g/mol. The normalized spacial score (nSPS) is 34.4. The second-order valence-corrected chi connectivity index (χ2v) is 7.14. The van der Waals surface area contributed by atoms with Gasteiger partial charge < -0.3 is 15.5 Å². The largest absolute Gasteiger partial charge is 0.467 e. The van der Waals surface area contributed by atoms with Crippen molar-refractivity contribution in [2.75, 3.05) is 0 Å². The maximum atomic E-state index is 12.3. The molecule has 20 heavy (non-hydrogen) atoms. The van der Waals surface area contributed by atoms with E-state index in [9.17, 15) is 4.79 Å². The predicted octanol–water partition coefficient (Wildman–Crippen LogP) is 2.68. The zero-order valence-corrected chi connectivity index (χ0v) is 12.5. The summed E-state index contributed by atoms with van der Waals surface area (Å²) in [5.74, 6) is 1.33. The van der Waals surface area contributed by atoms with Gasteiger partial charge in [0.2, 0.25) is 0 Å². The van der Waals surface area contributed by atoms with Crippen molar-refractivity contribution in [2.24, 2.45) is 22.5 Å². The van der Waals surface area contributed by atoms with Crippen LogP contribution in [0.15, 0.2) is 16.7 Å². The van der Waals surface area contributed by atoms with E-state index in [1.54, 1.807) is 6.07 Å². The highest BCUT2D eigenvalue weighted by Gasteiger charge is 2.61. The molecule has 110 valence electrons. The fourth-order valence-electron chi connectivity index (χ4n) is 4.27. The molecule has 3 atom stereocenters. The van der Waals surface area contributed by atoms with Gasteiger partial charge in [0, 0.05) is 6.04 Å². The third kappa shape index (κ3) is 1.74. The molecule has 1 aromatic heterocycles. The molecule has 0 aliphatic heterocycles. The van der Waals surface area contributed by atoms with Crippen LogP contribution in [0, 0.1) is 16.7 Å². The summed E-state index contributed by atoms with van der Waals surface area (Å²) in [7, 11) is 0. The van der Waals surface area contributed by atoms with Crippen LogP contribution in [0.3, 0.4) is 0 Å². The van der Waals surface area contributed by atoms with Gasteiger partial charge in [-0.3, -0.25) is 4.79 Å². The predicted molar refractivity (Wildman–Crippen MR) is 77.1 cm³/mol. The molecule has 2 aliphatic carbocycles.